The van der Waals surface area contributed by atoms with Gasteiger partial charge in [0.1, 0.15) is 16.6 Å². The average molecular weight is 329 g/mol. The van der Waals surface area contributed by atoms with Crippen LogP contribution >= 0.6 is 12.2 Å². The Morgan fingerprint density at radius 3 is 2.81 bits per heavy atom. The molecule has 0 unspecified atom stereocenters. The van der Waals surface area contributed by atoms with E-state index in [1.807, 2.05) is 0 Å². The van der Waals surface area contributed by atoms with Crippen LogP contribution in [0.1, 0.15) is 17.2 Å². The van der Waals surface area contributed by atoms with Crippen molar-refractivity contribution < 1.29 is 17.2 Å². The van der Waals surface area contributed by atoms with Crippen LogP contribution in [0.5, 0.6) is 0 Å². The molecule has 0 fully saturated rings. The smallest absolute Gasteiger partial charge is 0.241 e. The Balaban J connectivity index is 2.32. The summed E-state index contributed by atoms with van der Waals surface area (Å²) in [6.45, 7) is 1.52. The van der Waals surface area contributed by atoms with E-state index in [-0.39, 0.29) is 27.9 Å². The lowest BCUT2D eigenvalue weighted by molar-refractivity contribution is 0.463. The lowest BCUT2D eigenvalue weighted by atomic mass is 10.2. The number of sulfonamides is 1. The molecule has 1 aromatic heterocycles. The molecule has 2 rings (SSSR count). The molecule has 0 amide bonds. The zero-order valence-electron chi connectivity index (χ0n) is 11.0. The van der Waals surface area contributed by atoms with Crippen molar-refractivity contribution in [3.8, 4) is 0 Å². The molecule has 0 saturated carbocycles. The molecule has 9 heteroatoms. The first-order chi connectivity index (χ1) is 9.81. The van der Waals surface area contributed by atoms with Crippen molar-refractivity contribution in [3.63, 3.8) is 0 Å². The van der Waals surface area contributed by atoms with E-state index in [0.717, 1.165) is 6.07 Å². The molecule has 0 aliphatic carbocycles. The third-order valence-electron chi connectivity index (χ3n) is 2.59. The third-order valence-corrected chi connectivity index (χ3v) is 4.24. The summed E-state index contributed by atoms with van der Waals surface area (Å²) in [5, 5.41) is 0. The van der Waals surface area contributed by atoms with Crippen LogP contribution in [-0.2, 0) is 16.6 Å². The molecule has 0 atom stereocenters. The van der Waals surface area contributed by atoms with Crippen LogP contribution in [0.3, 0.4) is 0 Å². The van der Waals surface area contributed by atoms with Crippen LogP contribution < -0.4 is 10.5 Å². The van der Waals surface area contributed by atoms with Gasteiger partial charge in [-0.3, -0.25) is 0 Å². The first-order valence-electron chi connectivity index (χ1n) is 5.80. The highest BCUT2D eigenvalue weighted by Crippen LogP contribution is 2.19. The van der Waals surface area contributed by atoms with Crippen LogP contribution in [0, 0.1) is 12.7 Å². The van der Waals surface area contributed by atoms with Gasteiger partial charge in [0.25, 0.3) is 0 Å². The molecular weight excluding hydrogens is 317 g/mol. The summed E-state index contributed by atoms with van der Waals surface area (Å²) in [6.07, 6.45) is 1.46. The second-order valence-corrected chi connectivity index (χ2v) is 6.34. The summed E-state index contributed by atoms with van der Waals surface area (Å²) < 4.78 is 45.6. The maximum atomic E-state index is 13.7. The number of rotatable bonds is 5. The Kier molecular flexibility index (Phi) is 4.35. The number of aryl methyl sites for hydroxylation is 1. The van der Waals surface area contributed by atoms with E-state index in [0.29, 0.717) is 5.76 Å². The Morgan fingerprint density at radius 1 is 1.52 bits per heavy atom. The number of oxazole rings is 1. The fraction of sp³-hybridized carbons (Fsp3) is 0.167. The fourth-order valence-corrected chi connectivity index (χ4v) is 3.16. The Hall–Kier alpha value is -1.84. The molecule has 1 heterocycles. The Labute approximate surface area is 126 Å². The minimum atomic E-state index is -4.00. The summed E-state index contributed by atoms with van der Waals surface area (Å²) >= 11 is 4.70. The van der Waals surface area contributed by atoms with E-state index in [1.54, 1.807) is 6.92 Å². The summed E-state index contributed by atoms with van der Waals surface area (Å²) in [4.78, 5) is 3.22. The van der Waals surface area contributed by atoms with Gasteiger partial charge in [-0.05, 0) is 19.1 Å². The molecule has 3 N–H and O–H groups in total. The zero-order chi connectivity index (χ0) is 15.6. The molecule has 0 spiro atoms. The second-order valence-electron chi connectivity index (χ2n) is 4.17. The molecule has 1 aromatic carbocycles. The molecule has 0 aliphatic rings. The average Bonchev–Trinajstić information content (AvgIpc) is 2.82. The van der Waals surface area contributed by atoms with Crippen molar-refractivity contribution in [2.75, 3.05) is 0 Å². The molecular formula is C12H12FN3O3S2. The normalized spacial score (nSPS) is 11.5. The summed E-state index contributed by atoms with van der Waals surface area (Å²) in [5.74, 6) is -0.0412. The van der Waals surface area contributed by atoms with Gasteiger partial charge in [0.15, 0.2) is 0 Å². The van der Waals surface area contributed by atoms with Crippen molar-refractivity contribution in [2.24, 2.45) is 5.73 Å². The molecule has 0 bridgehead atoms. The Bertz CT molecular complexity index is 787. The Morgan fingerprint density at radius 2 is 2.24 bits per heavy atom. The number of halogens is 1. The van der Waals surface area contributed by atoms with Crippen molar-refractivity contribution in [2.45, 2.75) is 18.4 Å². The highest BCUT2D eigenvalue weighted by Gasteiger charge is 2.23. The zero-order valence-corrected chi connectivity index (χ0v) is 12.6. The van der Waals surface area contributed by atoms with Crippen LogP contribution in [0.15, 0.2) is 33.7 Å². The number of aromatic nitrogens is 1. The number of benzene rings is 1. The van der Waals surface area contributed by atoms with Crippen LogP contribution in [0.2, 0.25) is 0 Å². The summed E-state index contributed by atoms with van der Waals surface area (Å²) in [7, 11) is -4.00. The topological polar surface area (TPSA) is 98.2 Å². The van der Waals surface area contributed by atoms with Crippen molar-refractivity contribution in [1.29, 1.82) is 0 Å². The highest BCUT2D eigenvalue weighted by molar-refractivity contribution is 7.89. The van der Waals surface area contributed by atoms with Gasteiger partial charge >= 0.3 is 0 Å². The van der Waals surface area contributed by atoms with E-state index >= 15 is 0 Å². The molecule has 0 aliphatic heterocycles. The largest absolute Gasteiger partial charge is 0.445 e. The molecule has 0 radical (unpaired) electrons. The molecule has 112 valence electrons. The quantitative estimate of drug-likeness (QED) is 0.801. The number of hydrogen-bond acceptors (Lipinski definition) is 5. The standard InChI is InChI=1S/C12H12FN3O3S2/c1-7-5-15-10(19-7)6-16-21(17,18)9-4-2-3-8(13)11(9)12(14)20/h2-5,16H,6H2,1H3,(H2,14,20). The van der Waals surface area contributed by atoms with Gasteiger partial charge in [-0.15, -0.1) is 0 Å². The molecule has 2 aromatic rings. The van der Waals surface area contributed by atoms with E-state index in [4.69, 9.17) is 22.4 Å². The SMILES string of the molecule is Cc1cnc(CNS(=O)(=O)c2cccc(F)c2C(N)=S)o1. The predicted molar refractivity (Wildman–Crippen MR) is 77.6 cm³/mol. The van der Waals surface area contributed by atoms with Gasteiger partial charge in [-0.2, -0.15) is 0 Å². The van der Waals surface area contributed by atoms with Crippen molar-refractivity contribution in [3.05, 3.63) is 47.4 Å². The van der Waals surface area contributed by atoms with Gasteiger partial charge in [0.05, 0.1) is 23.2 Å². The van der Waals surface area contributed by atoms with Crippen LogP contribution in [-0.4, -0.2) is 18.4 Å². The first kappa shape index (κ1) is 15.5. The maximum Gasteiger partial charge on any atom is 0.241 e. The van der Waals surface area contributed by atoms with E-state index < -0.39 is 15.8 Å². The minimum absolute atomic E-state index is 0.163. The molecule has 6 nitrogen and oxygen atoms in total. The van der Waals surface area contributed by atoms with Crippen LogP contribution in [0.25, 0.3) is 0 Å². The summed E-state index contributed by atoms with van der Waals surface area (Å²) in [6, 6.07) is 3.58. The van der Waals surface area contributed by atoms with Crippen molar-refractivity contribution in [1.82, 2.24) is 9.71 Å². The van der Waals surface area contributed by atoms with E-state index in [1.165, 1.54) is 18.3 Å². The van der Waals surface area contributed by atoms with E-state index in [9.17, 15) is 12.8 Å². The number of nitrogens with zero attached hydrogens (tertiary/aromatic N) is 1. The van der Waals surface area contributed by atoms with Gasteiger partial charge < -0.3 is 10.2 Å². The van der Waals surface area contributed by atoms with Gasteiger partial charge in [-0.25, -0.2) is 22.5 Å². The van der Waals surface area contributed by atoms with Gasteiger partial charge in [0, 0.05) is 0 Å². The highest BCUT2D eigenvalue weighted by atomic mass is 32.2. The van der Waals surface area contributed by atoms with Crippen LogP contribution in [0.4, 0.5) is 4.39 Å². The number of nitrogens with one attached hydrogen (secondary N) is 1. The third kappa shape index (κ3) is 3.43. The van der Waals surface area contributed by atoms with Gasteiger partial charge in [0.2, 0.25) is 15.9 Å². The van der Waals surface area contributed by atoms with Crippen molar-refractivity contribution >= 4 is 27.2 Å². The summed E-state index contributed by atoms with van der Waals surface area (Å²) in [5.41, 5.74) is 5.07. The lowest BCUT2D eigenvalue weighted by Gasteiger charge is -2.10. The minimum Gasteiger partial charge on any atom is -0.445 e. The first-order valence-corrected chi connectivity index (χ1v) is 7.69. The molecule has 21 heavy (non-hydrogen) atoms. The number of nitrogens with two attached hydrogens (primary N) is 1. The fourth-order valence-electron chi connectivity index (χ4n) is 1.69. The van der Waals surface area contributed by atoms with Gasteiger partial charge in [-0.1, -0.05) is 18.3 Å². The molecule has 0 saturated heterocycles. The monoisotopic (exact) mass is 329 g/mol. The number of thiocarbonyl (C=S) groups is 1. The number of hydrogen-bond donors (Lipinski definition) is 2. The second kappa shape index (κ2) is 5.88. The lowest BCUT2D eigenvalue weighted by Crippen LogP contribution is -2.27. The predicted octanol–water partition coefficient (Wildman–Crippen LogP) is 1.23. The van der Waals surface area contributed by atoms with E-state index in [2.05, 4.69) is 9.71 Å². The maximum absolute atomic E-state index is 13.7.